The number of hydrogen-bond donors (Lipinski definition) is 2. The molecule has 7 heteroatoms. The number of nitro groups is 1. The van der Waals surface area contributed by atoms with Crippen molar-refractivity contribution in [1.82, 2.24) is 4.90 Å². The van der Waals surface area contributed by atoms with Gasteiger partial charge in [-0.2, -0.15) is 0 Å². The number of amides is 1. The number of primary amides is 1. The SMILES string of the molecule is CC1(C(N)=O)CCN(Cc2ccc([N+](=O)[O-])c(N)c2)C1. The van der Waals surface area contributed by atoms with Gasteiger partial charge in [0.1, 0.15) is 5.69 Å². The molecule has 1 aliphatic heterocycles. The summed E-state index contributed by atoms with van der Waals surface area (Å²) in [6, 6.07) is 4.71. The van der Waals surface area contributed by atoms with E-state index in [1.807, 2.05) is 6.92 Å². The molecule has 0 bridgehead atoms. The normalized spacial score (nSPS) is 22.9. The van der Waals surface area contributed by atoms with Crippen LogP contribution in [0.5, 0.6) is 0 Å². The monoisotopic (exact) mass is 278 g/mol. The fourth-order valence-electron chi connectivity index (χ4n) is 2.52. The number of anilines is 1. The molecule has 1 aliphatic rings. The highest BCUT2D eigenvalue weighted by Crippen LogP contribution is 2.31. The van der Waals surface area contributed by atoms with Crippen molar-refractivity contribution in [2.75, 3.05) is 18.8 Å². The Balaban J connectivity index is 2.07. The van der Waals surface area contributed by atoms with Gasteiger partial charge in [-0.1, -0.05) is 6.07 Å². The van der Waals surface area contributed by atoms with Crippen molar-refractivity contribution in [3.8, 4) is 0 Å². The Kier molecular flexibility index (Phi) is 3.63. The highest BCUT2D eigenvalue weighted by Gasteiger charge is 2.38. The number of nitrogens with two attached hydrogens (primary N) is 2. The van der Waals surface area contributed by atoms with E-state index in [4.69, 9.17) is 11.5 Å². The van der Waals surface area contributed by atoms with Crippen molar-refractivity contribution >= 4 is 17.3 Å². The molecule has 1 saturated heterocycles. The third-order valence-corrected chi connectivity index (χ3v) is 3.84. The topological polar surface area (TPSA) is 115 Å². The minimum absolute atomic E-state index is 0.0860. The smallest absolute Gasteiger partial charge is 0.292 e. The van der Waals surface area contributed by atoms with E-state index in [0.717, 1.165) is 18.5 Å². The van der Waals surface area contributed by atoms with E-state index < -0.39 is 10.3 Å². The van der Waals surface area contributed by atoms with Crippen LogP contribution in [0.25, 0.3) is 0 Å². The van der Waals surface area contributed by atoms with Crippen molar-refractivity contribution in [2.45, 2.75) is 19.9 Å². The van der Waals surface area contributed by atoms with E-state index in [1.165, 1.54) is 6.07 Å². The fraction of sp³-hybridized carbons (Fsp3) is 0.462. The summed E-state index contributed by atoms with van der Waals surface area (Å²) in [7, 11) is 0. The van der Waals surface area contributed by atoms with Gasteiger partial charge in [-0.3, -0.25) is 19.8 Å². The van der Waals surface area contributed by atoms with Crippen LogP contribution in [-0.2, 0) is 11.3 Å². The summed E-state index contributed by atoms with van der Waals surface area (Å²) in [5.41, 5.74) is 11.5. The van der Waals surface area contributed by atoms with Crippen LogP contribution >= 0.6 is 0 Å². The Morgan fingerprint density at radius 2 is 2.25 bits per heavy atom. The zero-order valence-electron chi connectivity index (χ0n) is 11.3. The number of carbonyl (C=O) groups is 1. The lowest BCUT2D eigenvalue weighted by molar-refractivity contribution is -0.383. The molecule has 0 aliphatic carbocycles. The molecule has 7 nitrogen and oxygen atoms in total. The Hall–Kier alpha value is -2.15. The van der Waals surface area contributed by atoms with Crippen LogP contribution in [0.2, 0.25) is 0 Å². The maximum Gasteiger partial charge on any atom is 0.292 e. The first-order valence-electron chi connectivity index (χ1n) is 6.37. The van der Waals surface area contributed by atoms with Gasteiger partial charge < -0.3 is 11.5 Å². The number of nitrogen functional groups attached to an aromatic ring is 1. The van der Waals surface area contributed by atoms with Gasteiger partial charge in [0.05, 0.1) is 10.3 Å². The van der Waals surface area contributed by atoms with E-state index >= 15 is 0 Å². The Morgan fingerprint density at radius 3 is 2.75 bits per heavy atom. The van der Waals surface area contributed by atoms with Gasteiger partial charge in [0.25, 0.3) is 5.69 Å². The first-order chi connectivity index (χ1) is 9.32. The number of hydrogen-bond acceptors (Lipinski definition) is 5. The van der Waals surface area contributed by atoms with E-state index in [2.05, 4.69) is 4.90 Å². The van der Waals surface area contributed by atoms with Crippen LogP contribution in [-0.4, -0.2) is 28.8 Å². The van der Waals surface area contributed by atoms with Crippen LogP contribution in [0, 0.1) is 15.5 Å². The number of likely N-dealkylation sites (tertiary alicyclic amines) is 1. The maximum atomic E-state index is 11.4. The Bertz CT molecular complexity index is 561. The molecule has 1 aromatic rings. The van der Waals surface area contributed by atoms with E-state index in [-0.39, 0.29) is 17.3 Å². The summed E-state index contributed by atoms with van der Waals surface area (Å²) in [4.78, 5) is 23.7. The summed E-state index contributed by atoms with van der Waals surface area (Å²) in [5.74, 6) is -0.289. The minimum Gasteiger partial charge on any atom is -0.393 e. The average Bonchev–Trinajstić information content (AvgIpc) is 2.72. The molecule has 108 valence electrons. The predicted octanol–water partition coefficient (Wildman–Crippen LogP) is 0.874. The second-order valence-corrected chi connectivity index (χ2v) is 5.54. The van der Waals surface area contributed by atoms with Gasteiger partial charge in [-0.25, -0.2) is 0 Å². The molecule has 0 saturated carbocycles. The molecule has 1 fully saturated rings. The molecule has 0 aromatic heterocycles. The summed E-state index contributed by atoms with van der Waals surface area (Å²) in [6.45, 7) is 3.83. The summed E-state index contributed by atoms with van der Waals surface area (Å²) in [5, 5.41) is 10.7. The molecule has 20 heavy (non-hydrogen) atoms. The third-order valence-electron chi connectivity index (χ3n) is 3.84. The molecule has 0 spiro atoms. The number of nitrogens with zero attached hydrogens (tertiary/aromatic N) is 2. The lowest BCUT2D eigenvalue weighted by Crippen LogP contribution is -2.36. The standard InChI is InChI=1S/C13H18N4O3/c1-13(12(15)18)4-5-16(8-13)7-9-2-3-11(17(19)20)10(14)6-9/h2-3,6H,4-5,7-8,14H2,1H3,(H2,15,18). The van der Waals surface area contributed by atoms with Crippen molar-refractivity contribution in [3.63, 3.8) is 0 Å². The van der Waals surface area contributed by atoms with Crippen molar-refractivity contribution in [1.29, 1.82) is 0 Å². The molecule has 1 unspecified atom stereocenters. The molecule has 1 atom stereocenters. The Morgan fingerprint density at radius 1 is 1.55 bits per heavy atom. The lowest BCUT2D eigenvalue weighted by Gasteiger charge is -2.21. The fourth-order valence-corrected chi connectivity index (χ4v) is 2.52. The van der Waals surface area contributed by atoms with Gasteiger partial charge >= 0.3 is 0 Å². The van der Waals surface area contributed by atoms with Gasteiger partial charge in [0.15, 0.2) is 0 Å². The van der Waals surface area contributed by atoms with E-state index in [1.54, 1.807) is 12.1 Å². The molecule has 1 heterocycles. The highest BCUT2D eigenvalue weighted by atomic mass is 16.6. The quantitative estimate of drug-likeness (QED) is 0.481. The van der Waals surface area contributed by atoms with Gasteiger partial charge in [0.2, 0.25) is 5.91 Å². The first kappa shape index (κ1) is 14.3. The molecule has 4 N–H and O–H groups in total. The van der Waals surface area contributed by atoms with Gasteiger partial charge in [-0.15, -0.1) is 0 Å². The average molecular weight is 278 g/mol. The van der Waals surface area contributed by atoms with Gasteiger partial charge in [0, 0.05) is 19.2 Å². The second kappa shape index (κ2) is 5.09. The molecule has 0 radical (unpaired) electrons. The molecule has 1 aromatic carbocycles. The van der Waals surface area contributed by atoms with Crippen LogP contribution in [0.4, 0.5) is 11.4 Å². The van der Waals surface area contributed by atoms with Gasteiger partial charge in [-0.05, 0) is 31.5 Å². The molecular formula is C13H18N4O3. The number of carbonyl (C=O) groups excluding carboxylic acids is 1. The zero-order valence-corrected chi connectivity index (χ0v) is 11.3. The van der Waals surface area contributed by atoms with E-state index in [0.29, 0.717) is 13.1 Å². The maximum absolute atomic E-state index is 11.4. The van der Waals surface area contributed by atoms with Crippen LogP contribution in [0.3, 0.4) is 0 Å². The summed E-state index contributed by atoms with van der Waals surface area (Å²) < 4.78 is 0. The van der Waals surface area contributed by atoms with Crippen LogP contribution in [0.1, 0.15) is 18.9 Å². The van der Waals surface area contributed by atoms with E-state index in [9.17, 15) is 14.9 Å². The molecule has 1 amide bonds. The van der Waals surface area contributed by atoms with Crippen LogP contribution < -0.4 is 11.5 Å². The Labute approximate surface area is 116 Å². The molecular weight excluding hydrogens is 260 g/mol. The van der Waals surface area contributed by atoms with Crippen molar-refractivity contribution < 1.29 is 9.72 Å². The lowest BCUT2D eigenvalue weighted by atomic mass is 9.89. The number of nitro benzene ring substituents is 1. The third kappa shape index (κ3) is 2.72. The number of rotatable bonds is 4. The number of benzene rings is 1. The van der Waals surface area contributed by atoms with Crippen LogP contribution in [0.15, 0.2) is 18.2 Å². The largest absolute Gasteiger partial charge is 0.393 e. The minimum atomic E-state index is -0.501. The predicted molar refractivity (Wildman–Crippen MR) is 74.7 cm³/mol. The highest BCUT2D eigenvalue weighted by molar-refractivity contribution is 5.81. The first-order valence-corrected chi connectivity index (χ1v) is 6.37. The van der Waals surface area contributed by atoms with Crippen molar-refractivity contribution in [2.24, 2.45) is 11.1 Å². The summed E-state index contributed by atoms with van der Waals surface area (Å²) >= 11 is 0. The van der Waals surface area contributed by atoms with Crippen molar-refractivity contribution in [3.05, 3.63) is 33.9 Å². The summed E-state index contributed by atoms with van der Waals surface area (Å²) in [6.07, 6.45) is 0.727. The molecule has 2 rings (SSSR count). The second-order valence-electron chi connectivity index (χ2n) is 5.54. The zero-order chi connectivity index (χ0) is 14.9.